The van der Waals surface area contributed by atoms with E-state index in [-0.39, 0.29) is 5.78 Å². The molecule has 48 valence electrons. The van der Waals surface area contributed by atoms with E-state index in [0.717, 1.165) is 0 Å². The molecule has 0 saturated heterocycles. The highest BCUT2D eigenvalue weighted by Crippen LogP contribution is 2.14. The highest BCUT2D eigenvalue weighted by atomic mass is 16.1. The molecular weight excluding hydrogens is 114 g/mol. The zero-order valence-electron chi connectivity index (χ0n) is 5.64. The van der Waals surface area contributed by atoms with E-state index in [2.05, 4.69) is 6.58 Å². The summed E-state index contributed by atoms with van der Waals surface area (Å²) >= 11 is 0. The number of nitriles is 1. The summed E-state index contributed by atoms with van der Waals surface area (Å²) in [5.74, 6) is -0.231. The second-order valence-corrected chi connectivity index (χ2v) is 2.31. The molecule has 0 unspecified atom stereocenters. The first-order valence-corrected chi connectivity index (χ1v) is 2.62. The van der Waals surface area contributed by atoms with Crippen LogP contribution < -0.4 is 0 Å². The van der Waals surface area contributed by atoms with E-state index in [1.165, 1.54) is 6.08 Å². The van der Waals surface area contributed by atoms with Gasteiger partial charge < -0.3 is 0 Å². The van der Waals surface area contributed by atoms with Crippen LogP contribution in [-0.2, 0) is 4.79 Å². The molecule has 0 aliphatic rings. The lowest BCUT2D eigenvalue weighted by atomic mass is 9.90. The zero-order chi connectivity index (χ0) is 7.49. The molecular formula is C7H9NO. The van der Waals surface area contributed by atoms with Crippen LogP contribution in [0.15, 0.2) is 12.7 Å². The third kappa shape index (κ3) is 1.69. The van der Waals surface area contributed by atoms with Crippen molar-refractivity contribution in [3.63, 3.8) is 0 Å². The maximum absolute atomic E-state index is 10.7. The largest absolute Gasteiger partial charge is 0.293 e. The Bertz CT molecular complexity index is 174. The number of allylic oxidation sites excluding steroid dienone is 1. The Morgan fingerprint density at radius 1 is 1.78 bits per heavy atom. The van der Waals surface area contributed by atoms with Crippen LogP contribution in [0.2, 0.25) is 0 Å². The second kappa shape index (κ2) is 2.45. The Morgan fingerprint density at radius 3 is 2.33 bits per heavy atom. The number of rotatable bonds is 2. The molecule has 0 atom stereocenters. The van der Waals surface area contributed by atoms with Crippen LogP contribution in [0.5, 0.6) is 0 Å². The molecule has 0 aromatic rings. The maximum atomic E-state index is 10.7. The zero-order valence-corrected chi connectivity index (χ0v) is 5.64. The Hall–Kier alpha value is -1.10. The van der Waals surface area contributed by atoms with E-state index in [0.29, 0.717) is 0 Å². The molecule has 0 aliphatic heterocycles. The highest BCUT2D eigenvalue weighted by Gasteiger charge is 2.23. The van der Waals surface area contributed by atoms with Gasteiger partial charge in [-0.3, -0.25) is 4.79 Å². The van der Waals surface area contributed by atoms with Gasteiger partial charge in [-0.1, -0.05) is 6.58 Å². The van der Waals surface area contributed by atoms with Crippen molar-refractivity contribution in [1.82, 2.24) is 0 Å². The highest BCUT2D eigenvalue weighted by molar-refractivity contribution is 5.95. The average Bonchev–Trinajstić information content (AvgIpc) is 1.86. The first-order chi connectivity index (χ1) is 4.04. The smallest absolute Gasteiger partial charge is 0.174 e. The van der Waals surface area contributed by atoms with Crippen LogP contribution in [0.25, 0.3) is 0 Å². The number of carbonyl (C=O) groups is 1. The van der Waals surface area contributed by atoms with Gasteiger partial charge in [0.15, 0.2) is 5.78 Å². The predicted molar refractivity (Wildman–Crippen MR) is 34.6 cm³/mol. The van der Waals surface area contributed by atoms with E-state index < -0.39 is 5.41 Å². The molecule has 0 rings (SSSR count). The monoisotopic (exact) mass is 123 g/mol. The van der Waals surface area contributed by atoms with E-state index in [1.807, 2.05) is 6.07 Å². The fourth-order valence-electron chi connectivity index (χ4n) is 0.310. The molecule has 0 aliphatic carbocycles. The average molecular weight is 123 g/mol. The first-order valence-electron chi connectivity index (χ1n) is 2.62. The van der Waals surface area contributed by atoms with Gasteiger partial charge in [0, 0.05) is 0 Å². The van der Waals surface area contributed by atoms with Crippen molar-refractivity contribution in [2.45, 2.75) is 13.8 Å². The summed E-state index contributed by atoms with van der Waals surface area (Å²) < 4.78 is 0. The molecule has 0 saturated carbocycles. The Labute approximate surface area is 54.8 Å². The minimum Gasteiger partial charge on any atom is -0.293 e. The Morgan fingerprint density at radius 2 is 2.22 bits per heavy atom. The number of hydrogen-bond donors (Lipinski definition) is 0. The topological polar surface area (TPSA) is 40.9 Å². The van der Waals surface area contributed by atoms with Gasteiger partial charge in [-0.15, -0.1) is 0 Å². The van der Waals surface area contributed by atoms with Crippen LogP contribution in [0.4, 0.5) is 0 Å². The van der Waals surface area contributed by atoms with Gasteiger partial charge in [0.2, 0.25) is 0 Å². The van der Waals surface area contributed by atoms with Gasteiger partial charge in [-0.25, -0.2) is 0 Å². The van der Waals surface area contributed by atoms with Crippen molar-refractivity contribution in [1.29, 1.82) is 5.26 Å². The second-order valence-electron chi connectivity index (χ2n) is 2.31. The van der Waals surface area contributed by atoms with Gasteiger partial charge in [-0.2, -0.15) is 5.26 Å². The van der Waals surface area contributed by atoms with Crippen molar-refractivity contribution in [3.05, 3.63) is 12.7 Å². The molecule has 0 aromatic heterocycles. The SMILES string of the molecule is C=CC(=O)C(C)(C)C#N. The predicted octanol–water partition coefficient (Wildman–Crippen LogP) is 1.29. The van der Waals surface area contributed by atoms with Gasteiger partial charge in [0.05, 0.1) is 6.07 Å². The van der Waals surface area contributed by atoms with Crippen molar-refractivity contribution in [3.8, 4) is 6.07 Å². The Balaban J connectivity index is 4.37. The molecule has 0 aromatic carbocycles. The van der Waals surface area contributed by atoms with Crippen LogP contribution >= 0.6 is 0 Å². The van der Waals surface area contributed by atoms with Crippen LogP contribution in [0.3, 0.4) is 0 Å². The fourth-order valence-corrected chi connectivity index (χ4v) is 0.310. The van der Waals surface area contributed by atoms with Crippen molar-refractivity contribution in [2.75, 3.05) is 0 Å². The lowest BCUT2D eigenvalue weighted by Gasteiger charge is -2.08. The van der Waals surface area contributed by atoms with E-state index in [9.17, 15) is 4.79 Å². The lowest BCUT2D eigenvalue weighted by molar-refractivity contribution is -0.119. The van der Waals surface area contributed by atoms with Gasteiger partial charge in [0.25, 0.3) is 0 Å². The summed E-state index contributed by atoms with van der Waals surface area (Å²) in [4.78, 5) is 10.7. The maximum Gasteiger partial charge on any atom is 0.174 e. The van der Waals surface area contributed by atoms with E-state index in [1.54, 1.807) is 13.8 Å². The minimum atomic E-state index is -0.901. The molecule has 0 fully saturated rings. The number of hydrogen-bond acceptors (Lipinski definition) is 2. The normalized spacial score (nSPS) is 9.89. The standard InChI is InChI=1S/C7H9NO/c1-4-6(9)7(2,3)5-8/h4H,1H2,2-3H3. The van der Waals surface area contributed by atoms with Crippen LogP contribution in [0, 0.1) is 16.7 Å². The summed E-state index contributed by atoms with van der Waals surface area (Å²) in [6.07, 6.45) is 1.17. The lowest BCUT2D eigenvalue weighted by Crippen LogP contribution is -2.19. The van der Waals surface area contributed by atoms with E-state index >= 15 is 0 Å². The molecule has 0 bridgehead atoms. The van der Waals surface area contributed by atoms with Crippen molar-refractivity contribution < 1.29 is 4.79 Å². The molecule has 9 heavy (non-hydrogen) atoms. The van der Waals surface area contributed by atoms with Crippen LogP contribution in [-0.4, -0.2) is 5.78 Å². The molecule has 0 N–H and O–H groups in total. The van der Waals surface area contributed by atoms with Gasteiger partial charge in [0.1, 0.15) is 5.41 Å². The van der Waals surface area contributed by atoms with Gasteiger partial charge >= 0.3 is 0 Å². The molecule has 2 heteroatoms. The van der Waals surface area contributed by atoms with E-state index in [4.69, 9.17) is 5.26 Å². The number of ketones is 1. The molecule has 0 spiro atoms. The molecule has 0 radical (unpaired) electrons. The minimum absolute atomic E-state index is 0.231. The van der Waals surface area contributed by atoms with Crippen molar-refractivity contribution in [2.24, 2.45) is 5.41 Å². The third-order valence-electron chi connectivity index (χ3n) is 1.08. The summed E-state index contributed by atoms with van der Waals surface area (Å²) in [6.45, 7) is 6.41. The van der Waals surface area contributed by atoms with Crippen LogP contribution in [0.1, 0.15) is 13.8 Å². The summed E-state index contributed by atoms with van der Waals surface area (Å²) in [6, 6.07) is 1.87. The first kappa shape index (κ1) is 7.90. The number of nitrogens with zero attached hydrogens (tertiary/aromatic N) is 1. The summed E-state index contributed by atoms with van der Waals surface area (Å²) in [5.41, 5.74) is -0.901. The fraction of sp³-hybridized carbons (Fsp3) is 0.429. The summed E-state index contributed by atoms with van der Waals surface area (Å²) in [7, 11) is 0. The third-order valence-corrected chi connectivity index (χ3v) is 1.08. The van der Waals surface area contributed by atoms with Crippen molar-refractivity contribution >= 4 is 5.78 Å². The van der Waals surface area contributed by atoms with Gasteiger partial charge in [-0.05, 0) is 19.9 Å². The molecule has 0 heterocycles. The quantitative estimate of drug-likeness (QED) is 0.519. The number of carbonyl (C=O) groups excluding carboxylic acids is 1. The Kier molecular flexibility index (Phi) is 2.15. The molecule has 2 nitrogen and oxygen atoms in total. The summed E-state index contributed by atoms with van der Waals surface area (Å²) in [5, 5.41) is 8.38. The molecule has 0 amide bonds.